The maximum Gasteiger partial charge on any atom is 0.0740 e. The highest BCUT2D eigenvalue weighted by molar-refractivity contribution is 6.04. The van der Waals surface area contributed by atoms with Crippen molar-refractivity contribution in [2.45, 2.75) is 44.7 Å². The molecule has 2 fully saturated rings. The van der Waals surface area contributed by atoms with Crippen molar-refractivity contribution in [2.75, 3.05) is 0 Å². The molecule has 1 aliphatic heterocycles. The van der Waals surface area contributed by atoms with Gasteiger partial charge in [0.2, 0.25) is 0 Å². The van der Waals surface area contributed by atoms with Crippen molar-refractivity contribution in [2.24, 2.45) is 22.6 Å². The summed E-state index contributed by atoms with van der Waals surface area (Å²) in [7, 11) is 0. The van der Waals surface area contributed by atoms with Crippen molar-refractivity contribution in [3.63, 3.8) is 0 Å². The zero-order valence-electron chi connectivity index (χ0n) is 8.96. The highest BCUT2D eigenvalue weighted by Crippen LogP contribution is 2.46. The fourth-order valence-electron chi connectivity index (χ4n) is 3.03. The highest BCUT2D eigenvalue weighted by atomic mass is 15.0. The summed E-state index contributed by atoms with van der Waals surface area (Å²) in [6, 6.07) is 0.414. The Morgan fingerprint density at radius 1 is 1.50 bits per heavy atom. The predicted octanol–water partition coefficient (Wildman–Crippen LogP) is 1.90. The summed E-state index contributed by atoms with van der Waals surface area (Å²) in [4.78, 5) is 4.79. The molecule has 0 bridgehead atoms. The second-order valence-electron chi connectivity index (χ2n) is 5.46. The maximum atomic E-state index is 6.17. The molecule has 2 nitrogen and oxygen atoms in total. The molecule has 3 rings (SSSR count). The minimum absolute atomic E-state index is 0.0460. The van der Waals surface area contributed by atoms with Gasteiger partial charge in [-0.3, -0.25) is 4.99 Å². The number of rotatable bonds is 0. The van der Waals surface area contributed by atoms with Crippen molar-refractivity contribution in [3.8, 4) is 0 Å². The third kappa shape index (κ3) is 1.10. The number of hydrogen-bond donors (Lipinski definition) is 1. The largest absolute Gasteiger partial charge is 0.320 e. The molecule has 0 amide bonds. The second-order valence-corrected chi connectivity index (χ2v) is 5.46. The lowest BCUT2D eigenvalue weighted by atomic mass is 9.77. The van der Waals surface area contributed by atoms with Gasteiger partial charge in [0.25, 0.3) is 0 Å². The maximum absolute atomic E-state index is 6.17. The van der Waals surface area contributed by atoms with Crippen molar-refractivity contribution in [1.29, 1.82) is 0 Å². The monoisotopic (exact) mass is 190 g/mol. The van der Waals surface area contributed by atoms with Crippen LogP contribution in [0.1, 0.15) is 33.1 Å². The van der Waals surface area contributed by atoms with E-state index in [1.807, 2.05) is 0 Å². The Morgan fingerprint density at radius 3 is 3.07 bits per heavy atom. The van der Waals surface area contributed by atoms with Crippen LogP contribution < -0.4 is 5.73 Å². The third-order valence-electron chi connectivity index (χ3n) is 3.87. The quantitative estimate of drug-likeness (QED) is 0.622. The van der Waals surface area contributed by atoms with E-state index in [2.05, 4.69) is 19.9 Å². The van der Waals surface area contributed by atoms with Crippen LogP contribution in [0.4, 0.5) is 0 Å². The van der Waals surface area contributed by atoms with Gasteiger partial charge in [0, 0.05) is 5.71 Å². The van der Waals surface area contributed by atoms with Gasteiger partial charge in [-0.25, -0.2) is 0 Å². The van der Waals surface area contributed by atoms with Gasteiger partial charge in [0.15, 0.2) is 0 Å². The summed E-state index contributed by atoms with van der Waals surface area (Å²) >= 11 is 0. The van der Waals surface area contributed by atoms with Gasteiger partial charge in [0.05, 0.1) is 11.6 Å². The van der Waals surface area contributed by atoms with Crippen molar-refractivity contribution >= 4 is 5.71 Å². The second kappa shape index (κ2) is 2.48. The lowest BCUT2D eigenvalue weighted by molar-refractivity contribution is 0.453. The molecular weight excluding hydrogens is 172 g/mol. The van der Waals surface area contributed by atoms with E-state index in [1.54, 1.807) is 0 Å². The first-order valence-corrected chi connectivity index (χ1v) is 5.67. The van der Waals surface area contributed by atoms with Crippen LogP contribution in [0.15, 0.2) is 16.6 Å². The molecule has 3 aliphatic rings. The van der Waals surface area contributed by atoms with Gasteiger partial charge in [-0.1, -0.05) is 19.9 Å². The van der Waals surface area contributed by atoms with Gasteiger partial charge in [0.1, 0.15) is 0 Å². The molecule has 2 N–H and O–H groups in total. The van der Waals surface area contributed by atoms with Crippen LogP contribution >= 0.6 is 0 Å². The Morgan fingerprint density at radius 2 is 2.29 bits per heavy atom. The van der Waals surface area contributed by atoms with E-state index in [4.69, 9.17) is 10.7 Å². The standard InChI is InChI=1S/C12H18N2/c1-7-3-8(2)11-9(4-7)5-12(13)6-10(12)14-11/h5,7-8,10H,3-4,6,13H2,1-2H3/t7?,8?,10-,12?/m1/s1. The lowest BCUT2D eigenvalue weighted by Crippen LogP contribution is -2.33. The van der Waals surface area contributed by atoms with E-state index in [9.17, 15) is 0 Å². The molecule has 4 atom stereocenters. The van der Waals surface area contributed by atoms with Crippen LogP contribution in [0.3, 0.4) is 0 Å². The lowest BCUT2D eigenvalue weighted by Gasteiger charge is -2.31. The number of nitrogens with zero attached hydrogens (tertiary/aromatic N) is 1. The molecule has 0 radical (unpaired) electrons. The molecule has 0 spiro atoms. The van der Waals surface area contributed by atoms with Crippen LogP contribution in [0.5, 0.6) is 0 Å². The Balaban J connectivity index is 1.97. The minimum Gasteiger partial charge on any atom is -0.320 e. The van der Waals surface area contributed by atoms with E-state index in [1.165, 1.54) is 24.1 Å². The first-order valence-electron chi connectivity index (χ1n) is 5.67. The number of dihydropyridines is 1. The van der Waals surface area contributed by atoms with Crippen molar-refractivity contribution < 1.29 is 0 Å². The van der Waals surface area contributed by atoms with Crippen LogP contribution in [0, 0.1) is 11.8 Å². The molecule has 1 heterocycles. The molecule has 2 heteroatoms. The Hall–Kier alpha value is -0.630. The topological polar surface area (TPSA) is 38.4 Å². The minimum atomic E-state index is -0.0460. The van der Waals surface area contributed by atoms with E-state index in [-0.39, 0.29) is 5.54 Å². The molecular formula is C12H18N2. The zero-order valence-corrected chi connectivity index (χ0v) is 8.96. The summed E-state index contributed by atoms with van der Waals surface area (Å²) in [5.41, 5.74) is 8.94. The number of nitrogens with two attached hydrogens (primary N) is 1. The molecule has 14 heavy (non-hydrogen) atoms. The summed E-state index contributed by atoms with van der Waals surface area (Å²) in [5, 5.41) is 0. The highest BCUT2D eigenvalue weighted by Gasteiger charge is 2.53. The zero-order chi connectivity index (χ0) is 9.92. The average molecular weight is 190 g/mol. The SMILES string of the molecule is CC1CC2=CC3(N)C[C@H]3N=C2C(C)C1. The fourth-order valence-corrected chi connectivity index (χ4v) is 3.03. The van der Waals surface area contributed by atoms with Crippen molar-refractivity contribution in [1.82, 2.24) is 0 Å². The molecule has 3 unspecified atom stereocenters. The van der Waals surface area contributed by atoms with Gasteiger partial charge >= 0.3 is 0 Å². The summed E-state index contributed by atoms with van der Waals surface area (Å²) in [6.07, 6.45) is 5.86. The predicted molar refractivity (Wildman–Crippen MR) is 58.4 cm³/mol. The first kappa shape index (κ1) is 8.66. The molecule has 0 aromatic rings. The number of hydrogen-bond acceptors (Lipinski definition) is 2. The molecule has 0 saturated heterocycles. The number of aliphatic imine (C=N–C) groups is 1. The Kier molecular flexibility index (Phi) is 1.54. The normalized spacial score (nSPS) is 50.1. The van der Waals surface area contributed by atoms with Gasteiger partial charge < -0.3 is 5.73 Å². The smallest absolute Gasteiger partial charge is 0.0740 e. The van der Waals surface area contributed by atoms with Gasteiger partial charge in [-0.05, 0) is 36.7 Å². The number of fused-ring (bicyclic) bond motifs is 2. The van der Waals surface area contributed by atoms with Crippen molar-refractivity contribution in [3.05, 3.63) is 11.6 Å². The fraction of sp³-hybridized carbons (Fsp3) is 0.750. The van der Waals surface area contributed by atoms with E-state index in [0.29, 0.717) is 12.0 Å². The molecule has 2 aliphatic carbocycles. The van der Waals surface area contributed by atoms with Crippen LogP contribution in [0.25, 0.3) is 0 Å². The first-order chi connectivity index (χ1) is 6.58. The summed E-state index contributed by atoms with van der Waals surface area (Å²) < 4.78 is 0. The number of allylic oxidation sites excluding steroid dienone is 1. The van der Waals surface area contributed by atoms with Gasteiger partial charge in [-0.15, -0.1) is 0 Å². The van der Waals surface area contributed by atoms with Crippen LogP contribution in [-0.2, 0) is 0 Å². The van der Waals surface area contributed by atoms with E-state index in [0.717, 1.165) is 12.3 Å². The van der Waals surface area contributed by atoms with E-state index < -0.39 is 0 Å². The van der Waals surface area contributed by atoms with Crippen LogP contribution in [-0.4, -0.2) is 17.3 Å². The van der Waals surface area contributed by atoms with E-state index >= 15 is 0 Å². The summed E-state index contributed by atoms with van der Waals surface area (Å²) in [5.74, 6) is 1.45. The summed E-state index contributed by atoms with van der Waals surface area (Å²) in [6.45, 7) is 4.63. The van der Waals surface area contributed by atoms with Crippen LogP contribution in [0.2, 0.25) is 0 Å². The average Bonchev–Trinajstić information content (AvgIpc) is 2.71. The Labute approximate surface area is 85.3 Å². The third-order valence-corrected chi connectivity index (χ3v) is 3.87. The Bertz CT molecular complexity index is 342. The molecule has 0 aromatic carbocycles. The van der Waals surface area contributed by atoms with Gasteiger partial charge in [-0.2, -0.15) is 0 Å². The molecule has 0 aromatic heterocycles. The molecule has 76 valence electrons. The molecule has 2 saturated carbocycles.